The molecule has 1 aromatic carbocycles. The molecule has 0 spiro atoms. The SMILES string of the molecule is C=C(S)c1sc(-c2sc(/C=C3\C(=O)c4cc(F)c(F)cc4C3=C(C#N)C#N)cc2OCC(CC)CCCC)cc1OC(C)C. The highest BCUT2D eigenvalue weighted by molar-refractivity contribution is 7.90. The second-order valence-corrected chi connectivity index (χ2v) is 13.3. The first-order valence-corrected chi connectivity index (χ1v) is 16.4. The zero-order chi connectivity index (χ0) is 32.1. The fourth-order valence-corrected chi connectivity index (χ4v) is 7.27. The van der Waals surface area contributed by atoms with Gasteiger partial charge in [-0.15, -0.1) is 35.3 Å². The van der Waals surface area contributed by atoms with E-state index >= 15 is 0 Å². The van der Waals surface area contributed by atoms with Crippen molar-refractivity contribution in [1.82, 2.24) is 0 Å². The highest BCUT2D eigenvalue weighted by atomic mass is 32.1. The number of rotatable bonds is 12. The van der Waals surface area contributed by atoms with Crippen molar-refractivity contribution < 1.29 is 23.0 Å². The van der Waals surface area contributed by atoms with Gasteiger partial charge in [-0.2, -0.15) is 10.5 Å². The molecule has 1 unspecified atom stereocenters. The molecule has 1 atom stereocenters. The molecule has 0 aliphatic heterocycles. The van der Waals surface area contributed by atoms with Gasteiger partial charge in [0.15, 0.2) is 17.4 Å². The number of nitriles is 2. The average molecular weight is 651 g/mol. The van der Waals surface area contributed by atoms with Crippen LogP contribution in [0.5, 0.6) is 11.5 Å². The van der Waals surface area contributed by atoms with Crippen LogP contribution in [0.3, 0.4) is 0 Å². The molecule has 0 amide bonds. The van der Waals surface area contributed by atoms with E-state index in [-0.39, 0.29) is 34.0 Å². The van der Waals surface area contributed by atoms with Gasteiger partial charge in [-0.05, 0) is 56.0 Å². The molecule has 0 bridgehead atoms. The fourth-order valence-electron chi connectivity index (χ4n) is 4.91. The first kappa shape index (κ1) is 33.2. The number of unbranched alkanes of at least 4 members (excludes halogenated alkanes) is 1. The third-order valence-corrected chi connectivity index (χ3v) is 9.92. The molecule has 3 aromatic rings. The predicted molar refractivity (Wildman–Crippen MR) is 177 cm³/mol. The van der Waals surface area contributed by atoms with E-state index in [4.69, 9.17) is 9.47 Å². The molecule has 1 aliphatic rings. The molecule has 228 valence electrons. The van der Waals surface area contributed by atoms with Gasteiger partial charge in [-0.1, -0.05) is 39.7 Å². The summed E-state index contributed by atoms with van der Waals surface area (Å²) in [5.74, 6) is -1.34. The molecule has 0 saturated heterocycles. The van der Waals surface area contributed by atoms with E-state index < -0.39 is 17.4 Å². The Balaban J connectivity index is 1.87. The van der Waals surface area contributed by atoms with E-state index in [0.717, 1.165) is 52.4 Å². The van der Waals surface area contributed by atoms with Crippen molar-refractivity contribution in [3.63, 3.8) is 0 Å². The lowest BCUT2D eigenvalue weighted by molar-refractivity contribution is 0.104. The van der Waals surface area contributed by atoms with Gasteiger partial charge in [0.25, 0.3) is 0 Å². The lowest BCUT2D eigenvalue weighted by atomic mass is 9.99. The molecule has 1 aliphatic carbocycles. The molecule has 0 fully saturated rings. The maximum absolute atomic E-state index is 14.2. The largest absolute Gasteiger partial charge is 0.492 e. The van der Waals surface area contributed by atoms with Crippen molar-refractivity contribution in [1.29, 1.82) is 10.5 Å². The minimum Gasteiger partial charge on any atom is -0.492 e. The van der Waals surface area contributed by atoms with Crippen molar-refractivity contribution in [2.45, 2.75) is 59.5 Å². The van der Waals surface area contributed by atoms with Crippen LogP contribution in [0.4, 0.5) is 8.78 Å². The van der Waals surface area contributed by atoms with Gasteiger partial charge in [-0.3, -0.25) is 4.79 Å². The van der Waals surface area contributed by atoms with Crippen LogP contribution in [-0.4, -0.2) is 18.5 Å². The molecular formula is C34H32F2N2O3S3. The number of allylic oxidation sites excluding steroid dienone is 3. The van der Waals surface area contributed by atoms with Crippen LogP contribution in [0.1, 0.15) is 79.1 Å². The van der Waals surface area contributed by atoms with Crippen LogP contribution < -0.4 is 9.47 Å². The molecule has 44 heavy (non-hydrogen) atoms. The van der Waals surface area contributed by atoms with Gasteiger partial charge in [0, 0.05) is 32.6 Å². The number of ketones is 1. The molecule has 0 saturated carbocycles. The number of halogens is 2. The molecule has 0 N–H and O–H groups in total. The third kappa shape index (κ3) is 6.99. The van der Waals surface area contributed by atoms with E-state index in [2.05, 4.69) is 33.1 Å². The Morgan fingerprint density at radius 3 is 2.34 bits per heavy atom. The minimum atomic E-state index is -1.19. The predicted octanol–water partition coefficient (Wildman–Crippen LogP) is 10.1. The molecule has 5 nitrogen and oxygen atoms in total. The van der Waals surface area contributed by atoms with Crippen LogP contribution in [0.25, 0.3) is 26.3 Å². The number of fused-ring (bicyclic) bond motifs is 1. The summed E-state index contributed by atoms with van der Waals surface area (Å²) < 4.78 is 40.8. The summed E-state index contributed by atoms with van der Waals surface area (Å²) in [6.45, 7) is 12.7. The van der Waals surface area contributed by atoms with E-state index in [0.29, 0.717) is 33.8 Å². The Morgan fingerprint density at radius 1 is 1.07 bits per heavy atom. The Labute approximate surface area is 270 Å². The standard InChI is InChI=1S/C34H32F2N2O3S3/c1-6-8-9-20(7-2)17-40-28-11-22(43-34(28)30-14-29(41-18(3)4)33(44-30)19(5)42)10-25-31(21(15-37)16-38)23-12-26(35)27(36)13-24(23)32(25)39/h10-14,18,20,42H,5-9,17H2,1-4H3/b25-10-. The van der Waals surface area contributed by atoms with Gasteiger partial charge in [0.2, 0.25) is 0 Å². The van der Waals surface area contributed by atoms with E-state index in [1.54, 1.807) is 18.2 Å². The monoisotopic (exact) mass is 650 g/mol. The van der Waals surface area contributed by atoms with Crippen LogP contribution >= 0.6 is 35.3 Å². The lowest BCUT2D eigenvalue weighted by Crippen LogP contribution is -2.11. The van der Waals surface area contributed by atoms with Crippen molar-refractivity contribution in [3.8, 4) is 33.4 Å². The van der Waals surface area contributed by atoms with Gasteiger partial charge < -0.3 is 9.47 Å². The summed E-state index contributed by atoms with van der Waals surface area (Å²) >= 11 is 7.28. The van der Waals surface area contributed by atoms with Gasteiger partial charge in [0.1, 0.15) is 29.2 Å². The summed E-state index contributed by atoms with van der Waals surface area (Å²) in [5.41, 5.74) is -0.465. The number of carbonyl (C=O) groups is 1. The van der Waals surface area contributed by atoms with Crippen LogP contribution in [0.15, 0.2) is 42.0 Å². The Kier molecular flexibility index (Phi) is 10.9. The second kappa shape index (κ2) is 14.4. The molecular weight excluding hydrogens is 619 g/mol. The molecule has 4 rings (SSSR count). The van der Waals surface area contributed by atoms with Crippen LogP contribution in [-0.2, 0) is 0 Å². The van der Waals surface area contributed by atoms with Crippen LogP contribution in [0.2, 0.25) is 0 Å². The first-order valence-electron chi connectivity index (χ1n) is 14.3. The second-order valence-electron chi connectivity index (χ2n) is 10.7. The Morgan fingerprint density at radius 2 is 1.75 bits per heavy atom. The summed E-state index contributed by atoms with van der Waals surface area (Å²) in [6.07, 6.45) is 5.67. The number of carbonyl (C=O) groups excluding carboxylic acids is 1. The molecule has 2 heterocycles. The number of ether oxygens (including phenoxy) is 2. The van der Waals surface area contributed by atoms with Gasteiger partial charge in [0.05, 0.1) is 27.3 Å². The number of hydrogen-bond acceptors (Lipinski definition) is 8. The van der Waals surface area contributed by atoms with Gasteiger partial charge in [-0.25, -0.2) is 8.78 Å². The normalized spacial score (nSPS) is 14.0. The molecule has 10 heteroatoms. The smallest absolute Gasteiger partial charge is 0.194 e. The first-order chi connectivity index (χ1) is 21.0. The fraction of sp³-hybridized carbons (Fsp3) is 0.324. The maximum atomic E-state index is 14.2. The molecule has 0 radical (unpaired) electrons. The van der Waals surface area contributed by atoms with E-state index in [9.17, 15) is 24.1 Å². The average Bonchev–Trinajstić information content (AvgIpc) is 3.65. The van der Waals surface area contributed by atoms with Crippen molar-refractivity contribution in [3.05, 3.63) is 74.5 Å². The summed E-state index contributed by atoms with van der Waals surface area (Å²) in [7, 11) is 0. The lowest BCUT2D eigenvalue weighted by Gasteiger charge is -2.15. The Hall–Kier alpha value is -3.70. The number of thiophene rings is 2. The van der Waals surface area contributed by atoms with E-state index in [1.807, 2.05) is 26.0 Å². The number of Topliss-reactive ketones (excluding diaryl/α,β-unsaturated/α-hetero) is 1. The summed E-state index contributed by atoms with van der Waals surface area (Å²) in [5, 5.41) is 19.3. The van der Waals surface area contributed by atoms with Crippen molar-refractivity contribution in [2.75, 3.05) is 6.61 Å². The molecule has 2 aromatic heterocycles. The van der Waals surface area contributed by atoms with E-state index in [1.165, 1.54) is 22.7 Å². The summed E-state index contributed by atoms with van der Waals surface area (Å²) in [4.78, 5) is 17.1. The third-order valence-electron chi connectivity index (χ3n) is 7.13. The highest BCUT2D eigenvalue weighted by Crippen LogP contribution is 2.49. The van der Waals surface area contributed by atoms with Crippen LogP contribution in [0, 0.1) is 40.2 Å². The van der Waals surface area contributed by atoms with Gasteiger partial charge >= 0.3 is 0 Å². The zero-order valence-corrected chi connectivity index (χ0v) is 27.5. The quantitative estimate of drug-likeness (QED) is 0.120. The topological polar surface area (TPSA) is 83.1 Å². The van der Waals surface area contributed by atoms with Crippen molar-refractivity contribution in [2.24, 2.45) is 5.92 Å². The van der Waals surface area contributed by atoms with Crippen molar-refractivity contribution >= 4 is 57.6 Å². The number of nitrogens with zero attached hydrogens (tertiary/aromatic N) is 2. The zero-order valence-electron chi connectivity index (χ0n) is 24.9. The summed E-state index contributed by atoms with van der Waals surface area (Å²) in [6, 6.07) is 8.99. The highest BCUT2D eigenvalue weighted by Gasteiger charge is 2.34. The minimum absolute atomic E-state index is 0.0104. The number of thiol groups is 1. The maximum Gasteiger partial charge on any atom is 0.194 e. The Bertz CT molecular complexity index is 1740. The number of benzene rings is 1. The number of hydrogen-bond donors (Lipinski definition) is 1.